The number of amides is 1. The Morgan fingerprint density at radius 1 is 1.62 bits per heavy atom. The van der Waals surface area contributed by atoms with Gasteiger partial charge in [0.15, 0.2) is 0 Å². The summed E-state index contributed by atoms with van der Waals surface area (Å²) in [5.41, 5.74) is 5.49. The van der Waals surface area contributed by atoms with Crippen molar-refractivity contribution in [1.82, 2.24) is 5.32 Å². The molecule has 0 rings (SSSR count). The highest BCUT2D eigenvalue weighted by Gasteiger charge is 2.18. The Balaban J connectivity index is 3.89. The standard InChI is InChI=1S/C9H20N2O2/c1-7(6-13-3)4-8(5-10)9(12)11-2/h7-8H,4-6,10H2,1-3H3,(H,11,12). The number of nitrogens with two attached hydrogens (primary N) is 1. The van der Waals surface area contributed by atoms with E-state index in [0.29, 0.717) is 19.1 Å². The lowest BCUT2D eigenvalue weighted by Crippen LogP contribution is -2.34. The lowest BCUT2D eigenvalue weighted by Gasteiger charge is -2.17. The molecule has 0 heterocycles. The van der Waals surface area contributed by atoms with E-state index in [1.807, 2.05) is 0 Å². The van der Waals surface area contributed by atoms with Crippen LogP contribution in [0.2, 0.25) is 0 Å². The maximum Gasteiger partial charge on any atom is 0.224 e. The van der Waals surface area contributed by atoms with E-state index in [1.165, 1.54) is 0 Å². The van der Waals surface area contributed by atoms with Crippen LogP contribution in [0.1, 0.15) is 13.3 Å². The van der Waals surface area contributed by atoms with Gasteiger partial charge < -0.3 is 15.8 Å². The number of carbonyl (C=O) groups excluding carboxylic acids is 1. The third-order valence-corrected chi connectivity index (χ3v) is 2.04. The Kier molecular flexibility index (Phi) is 6.54. The molecule has 4 heteroatoms. The predicted octanol–water partition coefficient (Wildman–Crippen LogP) is -0.0201. The van der Waals surface area contributed by atoms with Crippen molar-refractivity contribution in [3.05, 3.63) is 0 Å². The van der Waals surface area contributed by atoms with Crippen LogP contribution in [0.4, 0.5) is 0 Å². The second kappa shape index (κ2) is 6.86. The number of rotatable bonds is 6. The molecular weight excluding hydrogens is 168 g/mol. The van der Waals surface area contributed by atoms with Crippen LogP contribution < -0.4 is 11.1 Å². The minimum atomic E-state index is -0.0878. The average Bonchev–Trinajstić information content (AvgIpc) is 2.13. The lowest BCUT2D eigenvalue weighted by molar-refractivity contribution is -0.124. The minimum absolute atomic E-state index is 0.0189. The van der Waals surface area contributed by atoms with E-state index in [2.05, 4.69) is 12.2 Å². The van der Waals surface area contributed by atoms with Crippen molar-refractivity contribution >= 4 is 5.91 Å². The minimum Gasteiger partial charge on any atom is -0.384 e. The summed E-state index contributed by atoms with van der Waals surface area (Å²) >= 11 is 0. The third kappa shape index (κ3) is 4.85. The monoisotopic (exact) mass is 188 g/mol. The topological polar surface area (TPSA) is 64.4 Å². The Hall–Kier alpha value is -0.610. The first-order valence-electron chi connectivity index (χ1n) is 4.56. The molecule has 0 saturated heterocycles. The van der Waals surface area contributed by atoms with Gasteiger partial charge in [-0.25, -0.2) is 0 Å². The van der Waals surface area contributed by atoms with Crippen LogP contribution in [0.5, 0.6) is 0 Å². The molecule has 0 saturated carbocycles. The summed E-state index contributed by atoms with van der Waals surface area (Å²) < 4.78 is 4.99. The fraction of sp³-hybridized carbons (Fsp3) is 0.889. The molecule has 0 aromatic rings. The number of methoxy groups -OCH3 is 1. The number of carbonyl (C=O) groups is 1. The number of hydrogen-bond donors (Lipinski definition) is 2. The highest BCUT2D eigenvalue weighted by Crippen LogP contribution is 2.11. The Bertz CT molecular complexity index is 151. The fourth-order valence-corrected chi connectivity index (χ4v) is 1.35. The van der Waals surface area contributed by atoms with Gasteiger partial charge in [0.1, 0.15) is 0 Å². The van der Waals surface area contributed by atoms with Crippen LogP contribution in [0.3, 0.4) is 0 Å². The molecular formula is C9H20N2O2. The number of nitrogens with one attached hydrogen (secondary N) is 1. The van der Waals surface area contributed by atoms with Crippen molar-refractivity contribution in [2.24, 2.45) is 17.6 Å². The van der Waals surface area contributed by atoms with Gasteiger partial charge in [-0.2, -0.15) is 0 Å². The number of hydrogen-bond acceptors (Lipinski definition) is 3. The maximum absolute atomic E-state index is 11.3. The Morgan fingerprint density at radius 2 is 2.23 bits per heavy atom. The summed E-state index contributed by atoms with van der Waals surface area (Å²) in [5, 5.41) is 2.60. The molecule has 1 amide bonds. The van der Waals surface area contributed by atoms with Crippen LogP contribution in [-0.2, 0) is 9.53 Å². The van der Waals surface area contributed by atoms with Gasteiger partial charge in [0.25, 0.3) is 0 Å². The second-order valence-corrected chi connectivity index (χ2v) is 3.34. The van der Waals surface area contributed by atoms with Crippen molar-refractivity contribution < 1.29 is 9.53 Å². The summed E-state index contributed by atoms with van der Waals surface area (Å²) in [4.78, 5) is 11.3. The molecule has 0 bridgehead atoms. The summed E-state index contributed by atoms with van der Waals surface area (Å²) in [6.07, 6.45) is 0.782. The normalized spacial score (nSPS) is 15.1. The summed E-state index contributed by atoms with van der Waals surface area (Å²) in [5.74, 6) is 0.302. The second-order valence-electron chi connectivity index (χ2n) is 3.34. The molecule has 0 aliphatic carbocycles. The Labute approximate surface area is 79.8 Å². The average molecular weight is 188 g/mol. The van der Waals surface area contributed by atoms with E-state index in [0.717, 1.165) is 6.42 Å². The molecule has 0 fully saturated rings. The maximum atomic E-state index is 11.3. The molecule has 78 valence electrons. The molecule has 0 aromatic carbocycles. The van der Waals surface area contributed by atoms with E-state index in [1.54, 1.807) is 14.2 Å². The molecule has 0 aliphatic heterocycles. The van der Waals surface area contributed by atoms with E-state index in [9.17, 15) is 4.79 Å². The molecule has 0 radical (unpaired) electrons. The molecule has 3 N–H and O–H groups in total. The van der Waals surface area contributed by atoms with E-state index < -0.39 is 0 Å². The summed E-state index contributed by atoms with van der Waals surface area (Å²) in [6.45, 7) is 3.12. The van der Waals surface area contributed by atoms with Crippen molar-refractivity contribution in [2.45, 2.75) is 13.3 Å². The lowest BCUT2D eigenvalue weighted by atomic mass is 9.96. The molecule has 2 atom stereocenters. The van der Waals surface area contributed by atoms with Gasteiger partial charge >= 0.3 is 0 Å². The van der Waals surface area contributed by atoms with Gasteiger partial charge in [0.05, 0.1) is 5.92 Å². The van der Waals surface area contributed by atoms with E-state index >= 15 is 0 Å². The van der Waals surface area contributed by atoms with Crippen LogP contribution >= 0.6 is 0 Å². The van der Waals surface area contributed by atoms with Gasteiger partial charge in [0.2, 0.25) is 5.91 Å². The molecule has 4 nitrogen and oxygen atoms in total. The van der Waals surface area contributed by atoms with E-state index in [-0.39, 0.29) is 11.8 Å². The van der Waals surface area contributed by atoms with Gasteiger partial charge in [-0.15, -0.1) is 0 Å². The zero-order chi connectivity index (χ0) is 10.3. The third-order valence-electron chi connectivity index (χ3n) is 2.04. The first-order valence-corrected chi connectivity index (χ1v) is 4.56. The van der Waals surface area contributed by atoms with Gasteiger partial charge in [0, 0.05) is 27.3 Å². The molecule has 0 aliphatic rings. The van der Waals surface area contributed by atoms with Crippen LogP contribution in [0, 0.1) is 11.8 Å². The molecule has 2 unspecified atom stereocenters. The summed E-state index contributed by atoms with van der Waals surface area (Å²) in [7, 11) is 3.29. The highest BCUT2D eigenvalue weighted by molar-refractivity contribution is 5.78. The largest absolute Gasteiger partial charge is 0.384 e. The van der Waals surface area contributed by atoms with Crippen molar-refractivity contribution in [3.63, 3.8) is 0 Å². The number of ether oxygens (including phenoxy) is 1. The SMILES string of the molecule is CNC(=O)C(CN)CC(C)COC. The van der Waals surface area contributed by atoms with Crippen molar-refractivity contribution in [2.75, 3.05) is 27.3 Å². The zero-order valence-electron chi connectivity index (χ0n) is 8.67. The van der Waals surface area contributed by atoms with Crippen LogP contribution in [0.25, 0.3) is 0 Å². The van der Waals surface area contributed by atoms with Crippen molar-refractivity contribution in [3.8, 4) is 0 Å². The molecule has 13 heavy (non-hydrogen) atoms. The quantitative estimate of drug-likeness (QED) is 0.615. The smallest absolute Gasteiger partial charge is 0.224 e. The highest BCUT2D eigenvalue weighted by atomic mass is 16.5. The van der Waals surface area contributed by atoms with Gasteiger partial charge in [-0.1, -0.05) is 6.92 Å². The van der Waals surface area contributed by atoms with Gasteiger partial charge in [-0.05, 0) is 12.3 Å². The summed E-state index contributed by atoms with van der Waals surface area (Å²) in [6, 6.07) is 0. The van der Waals surface area contributed by atoms with Gasteiger partial charge in [-0.3, -0.25) is 4.79 Å². The first kappa shape index (κ1) is 12.4. The van der Waals surface area contributed by atoms with Crippen molar-refractivity contribution in [1.29, 1.82) is 0 Å². The predicted molar refractivity (Wildman–Crippen MR) is 52.3 cm³/mol. The van der Waals surface area contributed by atoms with Crippen LogP contribution in [-0.4, -0.2) is 33.2 Å². The fourth-order valence-electron chi connectivity index (χ4n) is 1.35. The van der Waals surface area contributed by atoms with Crippen LogP contribution in [0.15, 0.2) is 0 Å². The molecule has 0 spiro atoms. The first-order chi connectivity index (χ1) is 6.15. The van der Waals surface area contributed by atoms with E-state index in [4.69, 9.17) is 10.5 Å². The Morgan fingerprint density at radius 3 is 2.62 bits per heavy atom. The molecule has 0 aromatic heterocycles. The zero-order valence-corrected chi connectivity index (χ0v) is 8.67.